The number of carbonyl (C=O) groups excluding carboxylic acids is 1. The van der Waals surface area contributed by atoms with Crippen molar-refractivity contribution in [2.75, 3.05) is 0 Å². The maximum absolute atomic E-state index is 13.6. The quantitative estimate of drug-likeness (QED) is 0.776. The molecule has 0 bridgehead atoms. The molecular weight excluding hydrogens is 290 g/mol. The largest absolute Gasteiger partial charge is 0.485 e. The Kier molecular flexibility index (Phi) is 4.40. The van der Waals surface area contributed by atoms with E-state index in [4.69, 9.17) is 27.9 Å². The lowest BCUT2D eigenvalue weighted by Crippen LogP contribution is -2.01. The van der Waals surface area contributed by atoms with Gasteiger partial charge in [0.15, 0.2) is 17.9 Å². The molecule has 0 heterocycles. The molecule has 2 aromatic carbocycles. The molecule has 2 rings (SSSR count). The first-order valence-corrected chi connectivity index (χ1v) is 6.18. The summed E-state index contributed by atoms with van der Waals surface area (Å²) in [5.41, 5.74) is 0.771. The second-order valence-electron chi connectivity index (χ2n) is 3.80. The fourth-order valence-corrected chi connectivity index (χ4v) is 1.94. The molecule has 19 heavy (non-hydrogen) atoms. The standard InChI is InChI=1S/C14H9Cl2FO2/c15-11-4-5-12(16)10(6-11)8-19-14-9(7-18)2-1-3-13(14)17/h1-7H,8H2. The van der Waals surface area contributed by atoms with Gasteiger partial charge in [0.05, 0.1) is 5.56 Å². The normalized spacial score (nSPS) is 10.3. The lowest BCUT2D eigenvalue weighted by atomic mass is 10.2. The second kappa shape index (κ2) is 6.04. The van der Waals surface area contributed by atoms with Crippen LogP contribution in [0, 0.1) is 5.82 Å². The van der Waals surface area contributed by atoms with Crippen LogP contribution in [0.5, 0.6) is 5.75 Å². The van der Waals surface area contributed by atoms with Gasteiger partial charge in [0, 0.05) is 15.6 Å². The predicted octanol–water partition coefficient (Wildman–Crippen LogP) is 4.52. The molecule has 98 valence electrons. The van der Waals surface area contributed by atoms with Crippen molar-refractivity contribution in [2.24, 2.45) is 0 Å². The number of benzene rings is 2. The van der Waals surface area contributed by atoms with Crippen LogP contribution < -0.4 is 4.74 Å². The lowest BCUT2D eigenvalue weighted by Gasteiger charge is -2.10. The van der Waals surface area contributed by atoms with Crippen LogP contribution in [0.3, 0.4) is 0 Å². The Morgan fingerprint density at radius 3 is 2.74 bits per heavy atom. The number of para-hydroxylation sites is 1. The zero-order valence-corrected chi connectivity index (χ0v) is 11.2. The van der Waals surface area contributed by atoms with Crippen LogP contribution in [-0.2, 0) is 6.61 Å². The summed E-state index contributed by atoms with van der Waals surface area (Å²) in [7, 11) is 0. The lowest BCUT2D eigenvalue weighted by molar-refractivity contribution is 0.111. The van der Waals surface area contributed by atoms with Gasteiger partial charge in [-0.1, -0.05) is 29.3 Å². The molecule has 2 aromatic rings. The highest BCUT2D eigenvalue weighted by Crippen LogP contribution is 2.25. The molecule has 0 radical (unpaired) electrons. The number of carbonyl (C=O) groups is 1. The maximum Gasteiger partial charge on any atom is 0.165 e. The Hall–Kier alpha value is -1.58. The SMILES string of the molecule is O=Cc1cccc(F)c1OCc1cc(Cl)ccc1Cl. The Morgan fingerprint density at radius 1 is 1.21 bits per heavy atom. The van der Waals surface area contributed by atoms with E-state index >= 15 is 0 Å². The Labute approximate surface area is 119 Å². The third kappa shape index (κ3) is 3.25. The van der Waals surface area contributed by atoms with E-state index in [1.807, 2.05) is 0 Å². The minimum absolute atomic E-state index is 0.0289. The summed E-state index contributed by atoms with van der Waals surface area (Å²) in [5, 5.41) is 0.973. The number of ether oxygens (including phenoxy) is 1. The van der Waals surface area contributed by atoms with Crippen LogP contribution in [0.15, 0.2) is 36.4 Å². The van der Waals surface area contributed by atoms with Crippen LogP contribution in [0.1, 0.15) is 15.9 Å². The fraction of sp³-hybridized carbons (Fsp3) is 0.0714. The van der Waals surface area contributed by atoms with E-state index in [-0.39, 0.29) is 17.9 Å². The number of aldehydes is 1. The van der Waals surface area contributed by atoms with Gasteiger partial charge >= 0.3 is 0 Å². The van der Waals surface area contributed by atoms with E-state index in [1.165, 1.54) is 18.2 Å². The molecule has 0 N–H and O–H groups in total. The molecule has 5 heteroatoms. The number of rotatable bonds is 4. The highest BCUT2D eigenvalue weighted by molar-refractivity contribution is 6.33. The Bertz CT molecular complexity index is 614. The van der Waals surface area contributed by atoms with Gasteiger partial charge in [-0.05, 0) is 30.3 Å². The van der Waals surface area contributed by atoms with Crippen molar-refractivity contribution in [3.05, 3.63) is 63.4 Å². The molecule has 0 unspecified atom stereocenters. The number of halogens is 3. The number of hydrogen-bond acceptors (Lipinski definition) is 2. The van der Waals surface area contributed by atoms with Gasteiger partial charge < -0.3 is 4.74 Å². The van der Waals surface area contributed by atoms with Crippen molar-refractivity contribution in [3.63, 3.8) is 0 Å². The predicted molar refractivity (Wildman–Crippen MR) is 72.6 cm³/mol. The van der Waals surface area contributed by atoms with Crippen molar-refractivity contribution in [2.45, 2.75) is 6.61 Å². The van der Waals surface area contributed by atoms with E-state index in [1.54, 1.807) is 18.2 Å². The van der Waals surface area contributed by atoms with Gasteiger partial charge in [0.1, 0.15) is 6.61 Å². The van der Waals surface area contributed by atoms with Crippen LogP contribution in [0.2, 0.25) is 10.0 Å². The summed E-state index contributed by atoms with van der Waals surface area (Å²) in [6.45, 7) is 0.0289. The van der Waals surface area contributed by atoms with Crippen LogP contribution in [-0.4, -0.2) is 6.29 Å². The van der Waals surface area contributed by atoms with Crippen LogP contribution in [0.25, 0.3) is 0 Å². The smallest absolute Gasteiger partial charge is 0.165 e. The first kappa shape index (κ1) is 13.8. The number of hydrogen-bond donors (Lipinski definition) is 0. The van der Waals surface area contributed by atoms with Crippen molar-refractivity contribution in [3.8, 4) is 5.75 Å². The second-order valence-corrected chi connectivity index (χ2v) is 4.64. The zero-order valence-electron chi connectivity index (χ0n) is 9.70. The average molecular weight is 299 g/mol. The molecule has 0 aliphatic rings. The molecule has 0 spiro atoms. The average Bonchev–Trinajstić information content (AvgIpc) is 2.40. The fourth-order valence-electron chi connectivity index (χ4n) is 1.57. The molecule has 0 aliphatic carbocycles. The van der Waals surface area contributed by atoms with Gasteiger partial charge in [0.25, 0.3) is 0 Å². The van der Waals surface area contributed by atoms with Crippen LogP contribution >= 0.6 is 23.2 Å². The van der Waals surface area contributed by atoms with Crippen molar-refractivity contribution < 1.29 is 13.9 Å². The first-order chi connectivity index (χ1) is 9.11. The Balaban J connectivity index is 2.23. The molecule has 0 amide bonds. The van der Waals surface area contributed by atoms with E-state index in [9.17, 15) is 9.18 Å². The summed E-state index contributed by atoms with van der Waals surface area (Å²) in [4.78, 5) is 10.8. The van der Waals surface area contributed by atoms with Crippen molar-refractivity contribution >= 4 is 29.5 Å². The highest BCUT2D eigenvalue weighted by Gasteiger charge is 2.10. The van der Waals surface area contributed by atoms with Gasteiger partial charge in [-0.2, -0.15) is 0 Å². The van der Waals surface area contributed by atoms with Crippen LogP contribution in [0.4, 0.5) is 4.39 Å². The molecule has 0 aromatic heterocycles. The minimum Gasteiger partial charge on any atom is -0.485 e. The molecule has 0 atom stereocenters. The minimum atomic E-state index is -0.595. The van der Waals surface area contributed by atoms with Crippen molar-refractivity contribution in [1.82, 2.24) is 0 Å². The molecule has 0 saturated carbocycles. The van der Waals surface area contributed by atoms with E-state index in [0.717, 1.165) is 0 Å². The highest BCUT2D eigenvalue weighted by atomic mass is 35.5. The summed E-state index contributed by atoms with van der Waals surface area (Å²) >= 11 is 11.8. The van der Waals surface area contributed by atoms with E-state index in [2.05, 4.69) is 0 Å². The van der Waals surface area contributed by atoms with E-state index in [0.29, 0.717) is 21.9 Å². The molecule has 0 fully saturated rings. The molecule has 0 aliphatic heterocycles. The van der Waals surface area contributed by atoms with E-state index < -0.39 is 5.82 Å². The third-order valence-corrected chi connectivity index (χ3v) is 3.11. The summed E-state index contributed by atoms with van der Waals surface area (Å²) in [6.07, 6.45) is 0.540. The summed E-state index contributed by atoms with van der Waals surface area (Å²) in [6, 6.07) is 9.05. The Morgan fingerprint density at radius 2 is 2.00 bits per heavy atom. The van der Waals surface area contributed by atoms with Gasteiger partial charge in [-0.3, -0.25) is 4.79 Å². The third-order valence-electron chi connectivity index (χ3n) is 2.50. The molecular formula is C14H9Cl2FO2. The maximum atomic E-state index is 13.6. The first-order valence-electron chi connectivity index (χ1n) is 5.42. The monoisotopic (exact) mass is 298 g/mol. The van der Waals surface area contributed by atoms with Gasteiger partial charge in [-0.25, -0.2) is 4.39 Å². The topological polar surface area (TPSA) is 26.3 Å². The summed E-state index contributed by atoms with van der Waals surface area (Å²) < 4.78 is 18.9. The zero-order chi connectivity index (χ0) is 13.8. The van der Waals surface area contributed by atoms with Crippen molar-refractivity contribution in [1.29, 1.82) is 0 Å². The molecule has 2 nitrogen and oxygen atoms in total. The summed E-state index contributed by atoms with van der Waals surface area (Å²) in [5.74, 6) is -0.684. The van der Waals surface area contributed by atoms with Gasteiger partial charge in [-0.15, -0.1) is 0 Å². The molecule has 0 saturated heterocycles. The van der Waals surface area contributed by atoms with Gasteiger partial charge in [0.2, 0.25) is 0 Å².